The van der Waals surface area contributed by atoms with Gasteiger partial charge >= 0.3 is 0 Å². The quantitative estimate of drug-likeness (QED) is 0.653. The van der Waals surface area contributed by atoms with E-state index in [1.165, 1.54) is 11.3 Å². The number of primary amides is 1. The monoisotopic (exact) mass is 381 g/mol. The Labute approximate surface area is 161 Å². The number of hydrogen-bond acceptors (Lipinski definition) is 5. The molecule has 0 aliphatic heterocycles. The van der Waals surface area contributed by atoms with Crippen LogP contribution in [0.15, 0.2) is 54.6 Å². The van der Waals surface area contributed by atoms with Gasteiger partial charge in [-0.1, -0.05) is 30.3 Å². The number of amides is 2. The molecule has 0 spiro atoms. The lowest BCUT2D eigenvalue weighted by molar-refractivity contribution is -0.118. The number of thiazole rings is 1. The Morgan fingerprint density at radius 1 is 1.11 bits per heavy atom. The van der Waals surface area contributed by atoms with Gasteiger partial charge in [0.2, 0.25) is 5.91 Å². The lowest BCUT2D eigenvalue weighted by atomic mass is 10.2. The summed E-state index contributed by atoms with van der Waals surface area (Å²) in [6, 6.07) is 16.7. The number of anilines is 1. The van der Waals surface area contributed by atoms with Crippen LogP contribution in [0.5, 0.6) is 5.75 Å². The van der Waals surface area contributed by atoms with Crippen molar-refractivity contribution in [1.29, 1.82) is 0 Å². The molecule has 7 heteroatoms. The molecule has 6 nitrogen and oxygen atoms in total. The zero-order valence-corrected chi connectivity index (χ0v) is 15.6. The van der Waals surface area contributed by atoms with E-state index < -0.39 is 5.91 Å². The van der Waals surface area contributed by atoms with Crippen LogP contribution in [0.2, 0.25) is 0 Å². The molecule has 0 fully saturated rings. The number of aryl methyl sites for hydroxylation is 1. The summed E-state index contributed by atoms with van der Waals surface area (Å²) in [5.74, 6) is -0.00200. The molecule has 3 rings (SSSR count). The first-order valence-electron chi connectivity index (χ1n) is 8.38. The smallest absolute Gasteiger partial charge is 0.267 e. The lowest BCUT2D eigenvalue weighted by Gasteiger charge is -2.07. The van der Waals surface area contributed by atoms with Gasteiger partial charge in [-0.25, -0.2) is 4.98 Å². The van der Waals surface area contributed by atoms with E-state index >= 15 is 0 Å². The molecule has 3 aromatic rings. The van der Waals surface area contributed by atoms with Crippen molar-refractivity contribution in [3.05, 3.63) is 65.2 Å². The average molecular weight is 381 g/mol. The molecule has 1 heterocycles. The van der Waals surface area contributed by atoms with Crippen LogP contribution in [-0.2, 0) is 4.79 Å². The maximum Gasteiger partial charge on any atom is 0.267 e. The minimum atomic E-state index is -0.409. The third kappa shape index (κ3) is 4.92. The standard InChI is InChI=1S/C20H19N3O3S/c1-13-18(27-20(22-13)14-5-3-2-4-6-14)19(25)23-15-7-9-16(10-8-15)26-12-11-17(21)24/h2-10H,11-12H2,1H3,(H2,21,24)(H,23,25). The zero-order valence-electron chi connectivity index (χ0n) is 14.8. The highest BCUT2D eigenvalue weighted by atomic mass is 32.1. The molecule has 1 aromatic heterocycles. The SMILES string of the molecule is Cc1nc(-c2ccccc2)sc1C(=O)Nc1ccc(OCCC(N)=O)cc1. The minimum Gasteiger partial charge on any atom is -0.493 e. The molecular weight excluding hydrogens is 362 g/mol. The van der Waals surface area contributed by atoms with E-state index in [1.807, 2.05) is 37.3 Å². The maximum absolute atomic E-state index is 12.6. The molecular formula is C20H19N3O3S. The first kappa shape index (κ1) is 18.6. The summed E-state index contributed by atoms with van der Waals surface area (Å²) >= 11 is 1.37. The number of nitrogens with two attached hydrogens (primary N) is 1. The van der Waals surface area contributed by atoms with Crippen LogP contribution < -0.4 is 15.8 Å². The van der Waals surface area contributed by atoms with Gasteiger partial charge in [-0.2, -0.15) is 0 Å². The molecule has 0 saturated heterocycles. The summed E-state index contributed by atoms with van der Waals surface area (Å²) in [5, 5.41) is 3.68. The first-order chi connectivity index (χ1) is 13.0. The fraction of sp³-hybridized carbons (Fsp3) is 0.150. The molecule has 0 atom stereocenters. The normalized spacial score (nSPS) is 10.4. The van der Waals surface area contributed by atoms with Gasteiger partial charge in [-0.05, 0) is 31.2 Å². The Bertz CT molecular complexity index is 937. The van der Waals surface area contributed by atoms with Crippen molar-refractivity contribution in [2.45, 2.75) is 13.3 Å². The number of aromatic nitrogens is 1. The van der Waals surface area contributed by atoms with Gasteiger partial charge in [-0.15, -0.1) is 11.3 Å². The number of carbonyl (C=O) groups is 2. The summed E-state index contributed by atoms with van der Waals surface area (Å²) < 4.78 is 5.41. The Morgan fingerprint density at radius 2 is 1.81 bits per heavy atom. The van der Waals surface area contributed by atoms with E-state index in [0.29, 0.717) is 22.0 Å². The van der Waals surface area contributed by atoms with Crippen molar-refractivity contribution in [1.82, 2.24) is 4.98 Å². The topological polar surface area (TPSA) is 94.3 Å². The molecule has 27 heavy (non-hydrogen) atoms. The third-order valence-electron chi connectivity index (χ3n) is 3.75. The maximum atomic E-state index is 12.6. The summed E-state index contributed by atoms with van der Waals surface area (Å²) in [5.41, 5.74) is 7.41. The molecule has 0 aliphatic rings. The highest BCUT2D eigenvalue weighted by molar-refractivity contribution is 7.17. The Hall–Kier alpha value is -3.19. The second-order valence-corrected chi connectivity index (χ2v) is 6.84. The van der Waals surface area contributed by atoms with E-state index in [0.717, 1.165) is 10.6 Å². The number of benzene rings is 2. The van der Waals surface area contributed by atoms with E-state index in [1.54, 1.807) is 24.3 Å². The number of hydrogen-bond donors (Lipinski definition) is 2. The van der Waals surface area contributed by atoms with Crippen LogP contribution in [0, 0.1) is 6.92 Å². The summed E-state index contributed by atoms with van der Waals surface area (Å²) in [4.78, 5) is 28.4. The van der Waals surface area contributed by atoms with Gasteiger partial charge in [0.15, 0.2) is 0 Å². The zero-order chi connectivity index (χ0) is 19.2. The van der Waals surface area contributed by atoms with Crippen LogP contribution in [0.3, 0.4) is 0 Å². The predicted octanol–water partition coefficient (Wildman–Crippen LogP) is 3.63. The fourth-order valence-corrected chi connectivity index (χ4v) is 3.37. The average Bonchev–Trinajstić information content (AvgIpc) is 3.05. The molecule has 0 bridgehead atoms. The summed E-state index contributed by atoms with van der Waals surface area (Å²) in [6.45, 7) is 2.05. The highest BCUT2D eigenvalue weighted by Crippen LogP contribution is 2.28. The number of rotatable bonds is 7. The molecule has 3 N–H and O–H groups in total. The van der Waals surface area contributed by atoms with Crippen LogP contribution in [0.4, 0.5) is 5.69 Å². The third-order valence-corrected chi connectivity index (χ3v) is 4.96. The number of nitrogens with zero attached hydrogens (tertiary/aromatic N) is 1. The predicted molar refractivity (Wildman–Crippen MR) is 106 cm³/mol. The van der Waals surface area contributed by atoms with Crippen LogP contribution in [-0.4, -0.2) is 23.4 Å². The van der Waals surface area contributed by atoms with E-state index in [9.17, 15) is 9.59 Å². The molecule has 0 aliphatic carbocycles. The largest absolute Gasteiger partial charge is 0.493 e. The van der Waals surface area contributed by atoms with Crippen LogP contribution >= 0.6 is 11.3 Å². The molecule has 0 unspecified atom stereocenters. The van der Waals surface area contributed by atoms with Gasteiger partial charge in [-0.3, -0.25) is 9.59 Å². The molecule has 2 amide bonds. The molecule has 0 radical (unpaired) electrons. The molecule has 138 valence electrons. The first-order valence-corrected chi connectivity index (χ1v) is 9.20. The van der Waals surface area contributed by atoms with Gasteiger partial charge in [0.05, 0.1) is 18.7 Å². The van der Waals surface area contributed by atoms with Crippen molar-refractivity contribution in [3.63, 3.8) is 0 Å². The second-order valence-electron chi connectivity index (χ2n) is 5.84. The van der Waals surface area contributed by atoms with Crippen LogP contribution in [0.1, 0.15) is 21.8 Å². The Morgan fingerprint density at radius 3 is 2.48 bits per heavy atom. The Balaban J connectivity index is 1.65. The van der Waals surface area contributed by atoms with E-state index in [4.69, 9.17) is 10.5 Å². The minimum absolute atomic E-state index is 0.160. The number of carbonyl (C=O) groups excluding carboxylic acids is 2. The van der Waals surface area contributed by atoms with Gasteiger partial charge in [0, 0.05) is 11.3 Å². The van der Waals surface area contributed by atoms with Gasteiger partial charge < -0.3 is 15.8 Å². The highest BCUT2D eigenvalue weighted by Gasteiger charge is 2.16. The molecule has 2 aromatic carbocycles. The lowest BCUT2D eigenvalue weighted by Crippen LogP contribution is -2.14. The van der Waals surface area contributed by atoms with Gasteiger partial charge in [0.25, 0.3) is 5.91 Å². The summed E-state index contributed by atoms with van der Waals surface area (Å²) in [6.07, 6.45) is 0.160. The number of nitrogens with one attached hydrogen (secondary N) is 1. The summed E-state index contributed by atoms with van der Waals surface area (Å²) in [7, 11) is 0. The van der Waals surface area contributed by atoms with Crippen molar-refractivity contribution in [2.75, 3.05) is 11.9 Å². The molecule has 0 saturated carbocycles. The second kappa shape index (κ2) is 8.46. The number of ether oxygens (including phenoxy) is 1. The van der Waals surface area contributed by atoms with E-state index in [2.05, 4.69) is 10.3 Å². The van der Waals surface area contributed by atoms with Crippen molar-refractivity contribution in [3.8, 4) is 16.3 Å². The van der Waals surface area contributed by atoms with E-state index in [-0.39, 0.29) is 18.9 Å². The fourth-order valence-electron chi connectivity index (χ4n) is 2.40. The van der Waals surface area contributed by atoms with Crippen LogP contribution in [0.25, 0.3) is 10.6 Å². The van der Waals surface area contributed by atoms with Crippen molar-refractivity contribution < 1.29 is 14.3 Å². The Kier molecular flexibility index (Phi) is 5.83. The van der Waals surface area contributed by atoms with Crippen molar-refractivity contribution in [2.24, 2.45) is 5.73 Å². The van der Waals surface area contributed by atoms with Gasteiger partial charge in [0.1, 0.15) is 15.6 Å². The van der Waals surface area contributed by atoms with Crippen molar-refractivity contribution >= 4 is 28.8 Å².